The van der Waals surface area contributed by atoms with Gasteiger partial charge in [0.25, 0.3) is 0 Å². The first kappa shape index (κ1) is 16.6. The molecule has 4 heteroatoms. The number of rotatable bonds is 5. The molecule has 2 nitrogen and oxygen atoms in total. The van der Waals surface area contributed by atoms with Crippen molar-refractivity contribution in [2.45, 2.75) is 10.5 Å². The summed E-state index contributed by atoms with van der Waals surface area (Å²) >= 11 is 0. The zero-order valence-electron chi connectivity index (χ0n) is 12.9. The van der Waals surface area contributed by atoms with Gasteiger partial charge in [-0.2, -0.15) is 0 Å². The molecular weight excluding hydrogens is 323 g/mol. The van der Waals surface area contributed by atoms with Crippen LogP contribution in [0.25, 0.3) is 0 Å². The molecule has 0 aliphatic heterocycles. The third kappa shape index (κ3) is 3.45. The molecule has 3 rings (SSSR count). The second kappa shape index (κ2) is 7.07. The van der Waals surface area contributed by atoms with E-state index >= 15 is 0 Å². The molecule has 0 aliphatic rings. The van der Waals surface area contributed by atoms with Gasteiger partial charge >= 0.3 is 0 Å². The molecule has 0 fully saturated rings. The Hall–Kier alpha value is -2.30. The highest BCUT2D eigenvalue weighted by molar-refractivity contribution is 7.85. The fourth-order valence-electron chi connectivity index (χ4n) is 2.62. The highest BCUT2D eigenvalue weighted by Crippen LogP contribution is 2.31. The summed E-state index contributed by atoms with van der Waals surface area (Å²) in [7, 11) is -1.48. The van der Waals surface area contributed by atoms with Crippen molar-refractivity contribution in [1.29, 1.82) is 0 Å². The van der Waals surface area contributed by atoms with Crippen molar-refractivity contribution >= 4 is 10.8 Å². The molecule has 122 valence electrons. The van der Waals surface area contributed by atoms with Crippen molar-refractivity contribution in [1.82, 2.24) is 0 Å². The summed E-state index contributed by atoms with van der Waals surface area (Å²) in [6, 6.07) is 23.9. The van der Waals surface area contributed by atoms with Crippen LogP contribution in [0.5, 0.6) is 0 Å². The molecule has 3 aromatic rings. The fraction of sp³-hybridized carbons (Fsp3) is 0.100. The van der Waals surface area contributed by atoms with Crippen LogP contribution < -0.4 is 0 Å². The first-order chi connectivity index (χ1) is 11.6. The van der Waals surface area contributed by atoms with Crippen LogP contribution in [0.2, 0.25) is 0 Å². The zero-order chi connectivity index (χ0) is 17.0. The summed E-state index contributed by atoms with van der Waals surface area (Å²) in [5, 5.41) is 11.4. The molecule has 1 atom stereocenters. The standard InChI is InChI=1S/C20H17FO2S/c21-18-11-13-19(14-12-18)24(23)15-20(22,16-7-3-1-4-8-16)17-9-5-2-6-10-17/h1-14,22H,15H2. The minimum Gasteiger partial charge on any atom is -0.379 e. The predicted molar refractivity (Wildman–Crippen MR) is 93.6 cm³/mol. The van der Waals surface area contributed by atoms with Crippen molar-refractivity contribution < 1.29 is 13.7 Å². The van der Waals surface area contributed by atoms with E-state index in [1.807, 2.05) is 60.7 Å². The molecule has 0 saturated carbocycles. The third-order valence-electron chi connectivity index (χ3n) is 3.92. The maximum Gasteiger partial charge on any atom is 0.126 e. The lowest BCUT2D eigenvalue weighted by Gasteiger charge is -2.29. The predicted octanol–water partition coefficient (Wildman–Crippen LogP) is 3.87. The Balaban J connectivity index is 2.00. The van der Waals surface area contributed by atoms with Gasteiger partial charge in [0, 0.05) is 4.90 Å². The second-order valence-electron chi connectivity index (χ2n) is 5.54. The van der Waals surface area contributed by atoms with Gasteiger partial charge in [-0.05, 0) is 35.4 Å². The van der Waals surface area contributed by atoms with Crippen molar-refractivity contribution in [2.75, 3.05) is 5.75 Å². The molecule has 0 heterocycles. The Kier molecular flexibility index (Phi) is 4.88. The third-order valence-corrected chi connectivity index (χ3v) is 5.40. The molecule has 0 aliphatic carbocycles. The summed E-state index contributed by atoms with van der Waals surface area (Å²) in [4.78, 5) is 0.488. The van der Waals surface area contributed by atoms with E-state index in [2.05, 4.69) is 0 Å². The Morgan fingerprint density at radius 3 is 1.71 bits per heavy atom. The number of halogens is 1. The van der Waals surface area contributed by atoms with Crippen LogP contribution in [0.4, 0.5) is 4.39 Å². The summed E-state index contributed by atoms with van der Waals surface area (Å²) in [6.07, 6.45) is 0. The lowest BCUT2D eigenvalue weighted by molar-refractivity contribution is 0.106. The van der Waals surface area contributed by atoms with Gasteiger partial charge in [-0.15, -0.1) is 0 Å². The van der Waals surface area contributed by atoms with E-state index in [0.29, 0.717) is 16.0 Å². The lowest BCUT2D eigenvalue weighted by atomic mass is 9.88. The Morgan fingerprint density at radius 2 is 1.25 bits per heavy atom. The average molecular weight is 340 g/mol. The molecule has 3 aromatic carbocycles. The molecule has 0 radical (unpaired) electrons. The van der Waals surface area contributed by atoms with Crippen LogP contribution in [-0.2, 0) is 16.4 Å². The monoisotopic (exact) mass is 340 g/mol. The minimum absolute atomic E-state index is 0.00728. The molecule has 0 saturated heterocycles. The van der Waals surface area contributed by atoms with Crippen molar-refractivity contribution in [3.63, 3.8) is 0 Å². The first-order valence-electron chi connectivity index (χ1n) is 7.57. The van der Waals surface area contributed by atoms with Gasteiger partial charge in [0.2, 0.25) is 0 Å². The van der Waals surface area contributed by atoms with E-state index in [0.717, 1.165) is 0 Å². The van der Waals surface area contributed by atoms with Crippen LogP contribution in [0.3, 0.4) is 0 Å². The highest BCUT2D eigenvalue weighted by Gasteiger charge is 2.34. The van der Waals surface area contributed by atoms with Crippen LogP contribution >= 0.6 is 0 Å². The fourth-order valence-corrected chi connectivity index (χ4v) is 3.94. The van der Waals surface area contributed by atoms with Crippen LogP contribution in [0, 0.1) is 5.82 Å². The Labute approximate surface area is 143 Å². The van der Waals surface area contributed by atoms with Gasteiger partial charge in [0.1, 0.15) is 11.4 Å². The van der Waals surface area contributed by atoms with E-state index in [-0.39, 0.29) is 11.6 Å². The van der Waals surface area contributed by atoms with E-state index in [9.17, 15) is 13.7 Å². The van der Waals surface area contributed by atoms with Gasteiger partial charge in [-0.1, -0.05) is 60.7 Å². The van der Waals surface area contributed by atoms with Gasteiger partial charge < -0.3 is 5.11 Å². The van der Waals surface area contributed by atoms with Crippen LogP contribution in [0.15, 0.2) is 89.8 Å². The Morgan fingerprint density at radius 1 is 0.792 bits per heavy atom. The highest BCUT2D eigenvalue weighted by atomic mass is 32.2. The normalized spacial score (nSPS) is 12.8. The molecule has 0 bridgehead atoms. The smallest absolute Gasteiger partial charge is 0.126 e. The molecule has 1 unspecified atom stereocenters. The minimum atomic E-state index is -1.48. The number of hydrogen-bond donors (Lipinski definition) is 1. The summed E-state index contributed by atoms with van der Waals surface area (Å²) in [5.41, 5.74) is -0.0415. The van der Waals surface area contributed by atoms with Crippen molar-refractivity contribution in [3.8, 4) is 0 Å². The quantitative estimate of drug-likeness (QED) is 0.765. The molecule has 0 aromatic heterocycles. The van der Waals surface area contributed by atoms with Gasteiger partial charge in [0.05, 0.1) is 16.6 Å². The average Bonchev–Trinajstić information content (AvgIpc) is 2.63. The molecule has 24 heavy (non-hydrogen) atoms. The maximum atomic E-state index is 13.1. The SMILES string of the molecule is O=S(CC(O)(c1ccccc1)c1ccccc1)c1ccc(F)cc1. The topological polar surface area (TPSA) is 37.3 Å². The first-order valence-corrected chi connectivity index (χ1v) is 8.89. The summed E-state index contributed by atoms with van der Waals surface area (Å²) in [6.45, 7) is 0. The summed E-state index contributed by atoms with van der Waals surface area (Å²) in [5.74, 6) is -0.385. The van der Waals surface area contributed by atoms with E-state index in [1.54, 1.807) is 0 Å². The van der Waals surface area contributed by atoms with Crippen molar-refractivity contribution in [3.05, 3.63) is 102 Å². The van der Waals surface area contributed by atoms with E-state index in [4.69, 9.17) is 0 Å². The van der Waals surface area contributed by atoms with E-state index in [1.165, 1.54) is 24.3 Å². The molecular formula is C20H17FO2S. The molecule has 1 N–H and O–H groups in total. The molecule has 0 spiro atoms. The number of aliphatic hydroxyl groups is 1. The van der Waals surface area contributed by atoms with E-state index < -0.39 is 16.4 Å². The number of hydrogen-bond acceptors (Lipinski definition) is 2. The maximum absolute atomic E-state index is 13.1. The second-order valence-corrected chi connectivity index (χ2v) is 6.99. The lowest BCUT2D eigenvalue weighted by Crippen LogP contribution is -2.33. The largest absolute Gasteiger partial charge is 0.379 e. The summed E-state index contributed by atoms with van der Waals surface area (Å²) < 4.78 is 25.8. The van der Waals surface area contributed by atoms with Gasteiger partial charge in [0.15, 0.2) is 0 Å². The Bertz CT molecular complexity index is 778. The molecule has 0 amide bonds. The van der Waals surface area contributed by atoms with Gasteiger partial charge in [-0.25, -0.2) is 4.39 Å². The number of benzene rings is 3. The zero-order valence-corrected chi connectivity index (χ0v) is 13.7. The van der Waals surface area contributed by atoms with Crippen molar-refractivity contribution in [2.24, 2.45) is 0 Å². The van der Waals surface area contributed by atoms with Crippen LogP contribution in [0.1, 0.15) is 11.1 Å². The van der Waals surface area contributed by atoms with Gasteiger partial charge in [-0.3, -0.25) is 4.21 Å². The van der Waals surface area contributed by atoms with Crippen LogP contribution in [-0.4, -0.2) is 15.1 Å².